The molecule has 5 nitrogen and oxygen atoms in total. The van der Waals surface area contributed by atoms with E-state index in [0.29, 0.717) is 16.9 Å². The van der Waals surface area contributed by atoms with Gasteiger partial charge in [0.1, 0.15) is 0 Å². The lowest BCUT2D eigenvalue weighted by atomic mass is 10.1. The Morgan fingerprint density at radius 2 is 1.82 bits per heavy atom. The standard InChI is InChI=1S/C19H11F4N5/c1-24-17-7-25-16-5-3-12(8-28(16)17)19-18(26-10-27(19)9-15(22)23)11-2-4-13(20)14(21)6-11/h2-8,10,15H,9H2. The van der Waals surface area contributed by atoms with Gasteiger partial charge in [-0.3, -0.25) is 0 Å². The number of hydrogen-bond acceptors (Lipinski definition) is 2. The summed E-state index contributed by atoms with van der Waals surface area (Å²) in [5, 5.41) is 0. The van der Waals surface area contributed by atoms with Crippen molar-refractivity contribution in [2.75, 3.05) is 0 Å². The Balaban J connectivity index is 1.94. The predicted molar refractivity (Wildman–Crippen MR) is 94.0 cm³/mol. The second kappa shape index (κ2) is 6.81. The molecule has 140 valence electrons. The molecule has 0 bridgehead atoms. The molecule has 0 saturated heterocycles. The van der Waals surface area contributed by atoms with Crippen molar-refractivity contribution in [1.82, 2.24) is 18.9 Å². The third-order valence-electron chi connectivity index (χ3n) is 4.24. The quantitative estimate of drug-likeness (QED) is 0.368. The first-order valence-electron chi connectivity index (χ1n) is 8.11. The van der Waals surface area contributed by atoms with E-state index in [1.54, 1.807) is 18.3 Å². The van der Waals surface area contributed by atoms with E-state index in [-0.39, 0.29) is 17.1 Å². The Kier molecular flexibility index (Phi) is 4.31. The van der Waals surface area contributed by atoms with Gasteiger partial charge in [-0.05, 0) is 24.3 Å². The first-order valence-corrected chi connectivity index (χ1v) is 8.11. The Labute approximate surface area is 156 Å². The second-order valence-electron chi connectivity index (χ2n) is 5.99. The molecule has 0 aliphatic heterocycles. The maximum absolute atomic E-state index is 13.7. The highest BCUT2D eigenvalue weighted by molar-refractivity contribution is 5.79. The van der Waals surface area contributed by atoms with Crippen LogP contribution in [-0.2, 0) is 6.54 Å². The third-order valence-corrected chi connectivity index (χ3v) is 4.24. The van der Waals surface area contributed by atoms with E-state index in [9.17, 15) is 17.6 Å². The highest BCUT2D eigenvalue weighted by Gasteiger charge is 2.20. The Bertz CT molecular complexity index is 1220. The minimum atomic E-state index is -2.64. The van der Waals surface area contributed by atoms with Crippen LogP contribution < -0.4 is 0 Å². The number of aromatic nitrogens is 4. The monoisotopic (exact) mass is 385 g/mol. The zero-order valence-corrected chi connectivity index (χ0v) is 14.2. The van der Waals surface area contributed by atoms with Gasteiger partial charge in [0.2, 0.25) is 5.65 Å². The van der Waals surface area contributed by atoms with Crippen molar-refractivity contribution in [3.8, 4) is 22.5 Å². The van der Waals surface area contributed by atoms with Crippen molar-refractivity contribution in [2.45, 2.75) is 13.0 Å². The lowest BCUT2D eigenvalue weighted by Gasteiger charge is -2.10. The molecule has 0 spiro atoms. The van der Waals surface area contributed by atoms with Crippen molar-refractivity contribution in [1.29, 1.82) is 0 Å². The summed E-state index contributed by atoms with van der Waals surface area (Å²) in [6.07, 6.45) is 1.57. The average Bonchev–Trinajstić information content (AvgIpc) is 3.26. The van der Waals surface area contributed by atoms with Gasteiger partial charge < -0.3 is 9.41 Å². The number of fused-ring (bicyclic) bond motifs is 1. The van der Waals surface area contributed by atoms with Crippen LogP contribution in [0.1, 0.15) is 0 Å². The fraction of sp³-hybridized carbons (Fsp3) is 0.105. The maximum atomic E-state index is 13.7. The first-order chi connectivity index (χ1) is 13.5. The number of benzene rings is 1. The summed E-state index contributed by atoms with van der Waals surface area (Å²) in [7, 11) is 0. The van der Waals surface area contributed by atoms with Crippen molar-refractivity contribution >= 4 is 11.5 Å². The lowest BCUT2D eigenvalue weighted by Crippen LogP contribution is -2.07. The van der Waals surface area contributed by atoms with Crippen LogP contribution in [0.5, 0.6) is 0 Å². The van der Waals surface area contributed by atoms with Gasteiger partial charge in [-0.15, -0.1) is 0 Å². The molecule has 0 saturated carbocycles. The van der Waals surface area contributed by atoms with E-state index in [1.807, 2.05) is 0 Å². The zero-order valence-electron chi connectivity index (χ0n) is 14.2. The molecular weight excluding hydrogens is 374 g/mol. The summed E-state index contributed by atoms with van der Waals surface area (Å²) in [5.41, 5.74) is 1.77. The molecule has 3 aromatic heterocycles. The largest absolute Gasteiger partial charge is 0.362 e. The number of pyridine rings is 1. The van der Waals surface area contributed by atoms with Crippen LogP contribution in [0.2, 0.25) is 0 Å². The van der Waals surface area contributed by atoms with E-state index in [0.717, 1.165) is 12.1 Å². The van der Waals surface area contributed by atoms with Crippen LogP contribution in [0.25, 0.3) is 33.0 Å². The van der Waals surface area contributed by atoms with Gasteiger partial charge in [0, 0.05) is 17.2 Å². The van der Waals surface area contributed by atoms with E-state index >= 15 is 0 Å². The van der Waals surface area contributed by atoms with Gasteiger partial charge in [0.05, 0.1) is 36.7 Å². The second-order valence-corrected chi connectivity index (χ2v) is 5.99. The van der Waals surface area contributed by atoms with E-state index in [1.165, 1.54) is 27.6 Å². The van der Waals surface area contributed by atoms with Gasteiger partial charge in [0.25, 0.3) is 12.2 Å². The third kappa shape index (κ3) is 2.99. The lowest BCUT2D eigenvalue weighted by molar-refractivity contribution is 0.127. The topological polar surface area (TPSA) is 39.5 Å². The summed E-state index contributed by atoms with van der Waals surface area (Å²) in [4.78, 5) is 11.6. The molecular formula is C19H11F4N5. The van der Waals surface area contributed by atoms with Crippen molar-refractivity contribution in [2.24, 2.45) is 0 Å². The van der Waals surface area contributed by atoms with Crippen molar-refractivity contribution in [3.05, 3.63) is 72.1 Å². The Hall–Kier alpha value is -3.67. The molecule has 0 amide bonds. The minimum Gasteiger partial charge on any atom is -0.362 e. The number of rotatable bonds is 4. The van der Waals surface area contributed by atoms with Crippen LogP contribution in [0.3, 0.4) is 0 Å². The number of halogens is 4. The highest BCUT2D eigenvalue weighted by atomic mass is 19.3. The molecule has 3 heterocycles. The molecule has 0 fully saturated rings. The summed E-state index contributed by atoms with van der Waals surface area (Å²) in [6, 6.07) is 6.54. The molecule has 0 unspecified atom stereocenters. The fourth-order valence-corrected chi connectivity index (χ4v) is 3.02. The van der Waals surface area contributed by atoms with E-state index in [4.69, 9.17) is 6.57 Å². The van der Waals surface area contributed by atoms with E-state index in [2.05, 4.69) is 14.8 Å². The molecule has 0 radical (unpaired) electrons. The molecule has 4 rings (SSSR count). The number of nitrogens with zero attached hydrogens (tertiary/aromatic N) is 5. The predicted octanol–water partition coefficient (Wildman–Crippen LogP) is 4.96. The van der Waals surface area contributed by atoms with Crippen LogP contribution in [0, 0.1) is 18.2 Å². The minimum absolute atomic E-state index is 0.225. The molecule has 1 aromatic carbocycles. The van der Waals surface area contributed by atoms with Gasteiger partial charge >= 0.3 is 0 Å². The molecule has 0 atom stereocenters. The maximum Gasteiger partial charge on any atom is 0.256 e. The van der Waals surface area contributed by atoms with Gasteiger partial charge in [-0.25, -0.2) is 31.9 Å². The average molecular weight is 385 g/mol. The molecule has 9 heteroatoms. The number of alkyl halides is 2. The summed E-state index contributed by atoms with van der Waals surface area (Å²) >= 11 is 0. The summed E-state index contributed by atoms with van der Waals surface area (Å²) < 4.78 is 55.9. The molecule has 0 N–H and O–H groups in total. The molecule has 28 heavy (non-hydrogen) atoms. The smallest absolute Gasteiger partial charge is 0.256 e. The van der Waals surface area contributed by atoms with Crippen LogP contribution in [0.15, 0.2) is 49.1 Å². The SMILES string of the molecule is [C-]#[N+]c1cnc2ccc(-c3c(-c4ccc(F)c(F)c4)ncn3CC(F)F)cn12. The van der Waals surface area contributed by atoms with Crippen LogP contribution >= 0.6 is 0 Å². The Morgan fingerprint density at radius 1 is 1.04 bits per heavy atom. The summed E-state index contributed by atoms with van der Waals surface area (Å²) in [6.45, 7) is 6.59. The molecule has 4 aromatic rings. The summed E-state index contributed by atoms with van der Waals surface area (Å²) in [5.74, 6) is -1.82. The Morgan fingerprint density at radius 3 is 2.54 bits per heavy atom. The van der Waals surface area contributed by atoms with Crippen molar-refractivity contribution in [3.63, 3.8) is 0 Å². The number of hydrogen-bond donors (Lipinski definition) is 0. The van der Waals surface area contributed by atoms with Crippen molar-refractivity contribution < 1.29 is 17.6 Å². The van der Waals surface area contributed by atoms with Gasteiger partial charge in [0.15, 0.2) is 11.6 Å². The van der Waals surface area contributed by atoms with Gasteiger partial charge in [-0.2, -0.15) is 0 Å². The van der Waals surface area contributed by atoms with Gasteiger partial charge in [-0.1, -0.05) is 6.57 Å². The van der Waals surface area contributed by atoms with E-state index < -0.39 is 24.6 Å². The number of imidazole rings is 2. The fourth-order valence-electron chi connectivity index (χ4n) is 3.02. The van der Waals surface area contributed by atoms with Crippen LogP contribution in [-0.4, -0.2) is 25.4 Å². The normalized spacial score (nSPS) is 11.3. The molecule has 0 aliphatic carbocycles. The first kappa shape index (κ1) is 17.7. The molecule has 0 aliphatic rings. The zero-order chi connectivity index (χ0) is 19.8. The van der Waals surface area contributed by atoms with Crippen LogP contribution in [0.4, 0.5) is 23.4 Å². The highest BCUT2D eigenvalue weighted by Crippen LogP contribution is 2.33.